The van der Waals surface area contributed by atoms with Crippen LogP contribution in [0.25, 0.3) is 0 Å². The fourth-order valence-corrected chi connectivity index (χ4v) is 0. The number of halogens is 1. The van der Waals surface area contributed by atoms with Gasteiger partial charge >= 0.3 is 30.3 Å². The fraction of sp³-hybridized carbons (Fsp3) is 0. The summed E-state index contributed by atoms with van der Waals surface area (Å²) in [7, 11) is 0. The Morgan fingerprint density at radius 1 is 1.80 bits per heavy atom. The third kappa shape index (κ3) is 468. The Labute approximate surface area is 43.3 Å². The van der Waals surface area contributed by atoms with Gasteiger partial charge in [-0.3, -0.25) is 0 Å². The molecule has 0 atom stereocenters. The molecule has 3 nitrogen and oxygen atoms in total. The fourth-order valence-electron chi connectivity index (χ4n) is 0. The van der Waals surface area contributed by atoms with E-state index < -0.39 is 3.94 Å². The molecular weight excluding hydrogens is 137 g/mol. The van der Waals surface area contributed by atoms with Gasteiger partial charge in [-0.25, -0.2) is 0 Å². The van der Waals surface area contributed by atoms with Gasteiger partial charge in [-0.15, -0.1) is 12.4 Å². The molecule has 0 aromatic heterocycles. The molecule has 0 spiro atoms. The first-order valence-electron chi connectivity index (χ1n) is 0.523. The van der Waals surface area contributed by atoms with Crippen molar-refractivity contribution in [2.75, 3.05) is 0 Å². The normalized spacial score (nSPS) is 5.00. The topological polar surface area (TPSA) is 43.1 Å². The maximum absolute atomic E-state index is 8.69. The molecule has 0 heterocycles. The molecule has 0 aromatic carbocycles. The Kier molecular flexibility index (Phi) is 7.54. The van der Waals surface area contributed by atoms with E-state index in [1.165, 1.54) is 0 Å². The van der Waals surface area contributed by atoms with Gasteiger partial charge in [0.2, 0.25) is 0 Å². The van der Waals surface area contributed by atoms with Gasteiger partial charge in [0.05, 0.1) is 0 Å². The zero-order chi connectivity index (χ0) is 3.58. The van der Waals surface area contributed by atoms with E-state index in [9.17, 15) is 0 Å². The number of hydrogen-bond acceptors (Lipinski definition) is 2. The third-order valence-corrected chi connectivity index (χ3v) is 0. The summed E-state index contributed by atoms with van der Waals surface area (Å²) < 4.78 is -0.750. The van der Waals surface area contributed by atoms with E-state index >= 15 is 0 Å². The van der Waals surface area contributed by atoms with E-state index in [2.05, 4.69) is 16.2 Å². The van der Waals surface area contributed by atoms with Gasteiger partial charge in [-0.05, 0) is 0 Å². The molecule has 0 aromatic rings. The van der Waals surface area contributed by atoms with Gasteiger partial charge < -0.3 is 0 Å². The van der Waals surface area contributed by atoms with Crippen LogP contribution in [0, 0.1) is 10.1 Å². The average Bonchev–Trinajstić information content (AvgIpc) is 0.811. The molecule has 0 aliphatic carbocycles. The van der Waals surface area contributed by atoms with E-state index in [4.69, 9.17) is 10.1 Å². The monoisotopic (exact) mass is 138 g/mol. The van der Waals surface area contributed by atoms with Crippen molar-refractivity contribution >= 4 is 12.4 Å². The Bertz CT molecular complexity index is 32.6. The van der Waals surface area contributed by atoms with E-state index in [1.807, 2.05) is 0 Å². The molecule has 0 aliphatic rings. The van der Waals surface area contributed by atoms with Crippen molar-refractivity contribution in [1.29, 1.82) is 0 Å². The van der Waals surface area contributed by atoms with Crippen molar-refractivity contribution in [1.82, 2.24) is 0 Å². The molecule has 0 radical (unpaired) electrons. The number of nitro groups is 1. The molecule has 5 heteroatoms. The van der Waals surface area contributed by atoms with Gasteiger partial charge in [0, 0.05) is 0 Å². The second-order valence-electron chi connectivity index (χ2n) is 0.204. The zero-order valence-corrected chi connectivity index (χ0v) is 3.95. The molecule has 0 fully saturated rings. The van der Waals surface area contributed by atoms with Crippen LogP contribution in [0.2, 0.25) is 0 Å². The van der Waals surface area contributed by atoms with Gasteiger partial charge in [-0.2, -0.15) is 0 Å². The van der Waals surface area contributed by atoms with E-state index in [0.29, 0.717) is 0 Å². The van der Waals surface area contributed by atoms with Crippen LogP contribution >= 0.6 is 12.4 Å². The summed E-state index contributed by atoms with van der Waals surface area (Å²) in [6, 6.07) is 0. The second kappa shape index (κ2) is 4.21. The summed E-state index contributed by atoms with van der Waals surface area (Å²) in [5.74, 6) is 0. The SMILES string of the molecule is Cl.O=[N+]([O-])[Fe]. The zero-order valence-electron chi connectivity index (χ0n) is 2.03. The Hall–Kier alpha value is 0.209. The summed E-state index contributed by atoms with van der Waals surface area (Å²) in [5.41, 5.74) is 0. The summed E-state index contributed by atoms with van der Waals surface area (Å²) in [6.45, 7) is 0. The van der Waals surface area contributed by atoms with E-state index in [0.717, 1.165) is 0 Å². The van der Waals surface area contributed by atoms with Crippen LogP contribution in [-0.2, 0) is 16.2 Å². The minimum absolute atomic E-state index is 0. The van der Waals surface area contributed by atoms with Gasteiger partial charge in [-0.1, -0.05) is 0 Å². The maximum atomic E-state index is 8.69. The number of nitrogens with zero attached hydrogens (tertiary/aromatic N) is 1. The first kappa shape index (κ1) is 8.96. The van der Waals surface area contributed by atoms with Crippen molar-refractivity contribution in [2.24, 2.45) is 0 Å². The summed E-state index contributed by atoms with van der Waals surface area (Å²) in [5, 5.41) is 8.69. The predicted molar refractivity (Wildman–Crippen MR) is 14.2 cm³/mol. The van der Waals surface area contributed by atoms with E-state index in [1.54, 1.807) is 0 Å². The molecule has 0 bridgehead atoms. The van der Waals surface area contributed by atoms with Crippen molar-refractivity contribution < 1.29 is 20.2 Å². The molecule has 0 saturated carbocycles. The van der Waals surface area contributed by atoms with Gasteiger partial charge in [0.15, 0.2) is 0 Å². The molecule has 0 aliphatic heterocycles. The van der Waals surface area contributed by atoms with Crippen molar-refractivity contribution in [3.63, 3.8) is 0 Å². The Morgan fingerprint density at radius 3 is 1.80 bits per heavy atom. The van der Waals surface area contributed by atoms with E-state index in [-0.39, 0.29) is 12.4 Å². The van der Waals surface area contributed by atoms with Crippen LogP contribution < -0.4 is 0 Å². The standard InChI is InChI=1S/ClH.Fe.NO2/c;;2-1-3/h1H;;. The summed E-state index contributed by atoms with van der Waals surface area (Å²) >= 11 is 2.36. The Morgan fingerprint density at radius 2 is 1.80 bits per heavy atom. The average molecular weight is 138 g/mol. The van der Waals surface area contributed by atoms with Crippen molar-refractivity contribution in [3.05, 3.63) is 10.1 Å². The van der Waals surface area contributed by atoms with Crippen molar-refractivity contribution in [2.45, 2.75) is 0 Å². The number of hydrogen-bond donors (Lipinski definition) is 0. The van der Waals surface area contributed by atoms with Crippen LogP contribution in [0.3, 0.4) is 0 Å². The van der Waals surface area contributed by atoms with Crippen LogP contribution in [0.5, 0.6) is 0 Å². The van der Waals surface area contributed by atoms with Gasteiger partial charge in [0.25, 0.3) is 0 Å². The second-order valence-corrected chi connectivity index (χ2v) is 0.607. The first-order chi connectivity index (χ1) is 1.73. The third-order valence-electron chi connectivity index (χ3n) is 0. The minimum atomic E-state index is -0.750. The van der Waals surface area contributed by atoms with Crippen LogP contribution in [0.1, 0.15) is 0 Å². The molecule has 0 rings (SSSR count). The summed E-state index contributed by atoms with van der Waals surface area (Å²) in [4.78, 5) is 8.69. The summed E-state index contributed by atoms with van der Waals surface area (Å²) in [6.07, 6.45) is 0. The molecule has 0 N–H and O–H groups in total. The van der Waals surface area contributed by atoms with Crippen LogP contribution in [0.15, 0.2) is 0 Å². The first-order valence-corrected chi connectivity index (χ1v) is 1.02. The molecule has 33 valence electrons. The Balaban J connectivity index is 0. The van der Waals surface area contributed by atoms with Gasteiger partial charge in [0.1, 0.15) is 0 Å². The predicted octanol–water partition coefficient (Wildman–Crippen LogP) is 0.147. The molecule has 0 unspecified atom stereocenters. The molecule has 0 amide bonds. The van der Waals surface area contributed by atoms with Crippen molar-refractivity contribution in [3.8, 4) is 0 Å². The van der Waals surface area contributed by atoms with Crippen LogP contribution in [-0.4, -0.2) is 3.94 Å². The quantitative estimate of drug-likeness (QED) is 0.272. The number of rotatable bonds is 0. The molecule has 5 heavy (non-hydrogen) atoms. The molecule has 0 saturated heterocycles. The molecular formula is HClFeNO2. The van der Waals surface area contributed by atoms with Crippen LogP contribution in [0.4, 0.5) is 0 Å².